The van der Waals surface area contributed by atoms with Crippen LogP contribution in [-0.2, 0) is 4.79 Å². The number of aryl methyl sites for hydroxylation is 2. The Morgan fingerprint density at radius 2 is 1.90 bits per heavy atom. The van der Waals surface area contributed by atoms with Crippen molar-refractivity contribution >= 4 is 39.2 Å². The molecule has 30 heavy (non-hydrogen) atoms. The van der Waals surface area contributed by atoms with E-state index in [-0.39, 0.29) is 23.6 Å². The van der Waals surface area contributed by atoms with Crippen LogP contribution >= 0.6 is 23.1 Å². The Labute approximate surface area is 186 Å². The summed E-state index contributed by atoms with van der Waals surface area (Å²) in [7, 11) is 0. The molecule has 3 heterocycles. The number of carbonyl (C=O) groups excluding carboxylic acids is 1. The molecule has 0 atom stereocenters. The summed E-state index contributed by atoms with van der Waals surface area (Å²) < 4.78 is 1.90. The minimum absolute atomic E-state index is 0.0424. The zero-order valence-electron chi connectivity index (χ0n) is 18.2. The van der Waals surface area contributed by atoms with Gasteiger partial charge in [0.1, 0.15) is 4.83 Å². The molecule has 1 aliphatic carbocycles. The Balaban J connectivity index is 1.51. The number of piperidine rings is 1. The maximum absolute atomic E-state index is 13.4. The van der Waals surface area contributed by atoms with Gasteiger partial charge in [0.25, 0.3) is 5.56 Å². The molecule has 164 valence electrons. The smallest absolute Gasteiger partial charge is 0.263 e. The van der Waals surface area contributed by atoms with E-state index in [4.69, 9.17) is 4.98 Å². The van der Waals surface area contributed by atoms with Gasteiger partial charge >= 0.3 is 0 Å². The number of nitrogens with zero attached hydrogens (tertiary/aromatic N) is 3. The lowest BCUT2D eigenvalue weighted by molar-refractivity contribution is -0.119. The molecule has 1 saturated heterocycles. The first-order chi connectivity index (χ1) is 14.5. The fourth-order valence-electron chi connectivity index (χ4n) is 4.67. The number of aromatic nitrogens is 2. The van der Waals surface area contributed by atoms with Crippen LogP contribution in [0.4, 0.5) is 0 Å². The quantitative estimate of drug-likeness (QED) is 0.537. The van der Waals surface area contributed by atoms with Crippen molar-refractivity contribution in [3.8, 4) is 0 Å². The standard InChI is InChI=1S/C22H32N4O2S2/c1-4-25-11-9-16(10-12-25)23-18(27)13-29-22-24-20-19(14(2)15(3)30-20)21(28)26(22)17-7-5-6-8-17/h16-17H,4-13H2,1-3H3,(H,23,27). The third-order valence-electron chi connectivity index (χ3n) is 6.62. The Kier molecular flexibility index (Phi) is 6.85. The second kappa shape index (κ2) is 9.40. The molecule has 8 heteroatoms. The molecule has 2 aromatic rings. The normalized spacial score (nSPS) is 19.0. The average molecular weight is 449 g/mol. The fraction of sp³-hybridized carbons (Fsp3) is 0.682. The molecule has 0 aromatic carbocycles. The van der Waals surface area contributed by atoms with Gasteiger partial charge in [0.05, 0.1) is 11.1 Å². The number of thiophene rings is 1. The second-order valence-electron chi connectivity index (χ2n) is 8.54. The van der Waals surface area contributed by atoms with Crippen LogP contribution in [-0.4, -0.2) is 51.8 Å². The van der Waals surface area contributed by atoms with Crippen LogP contribution in [0.3, 0.4) is 0 Å². The molecule has 1 aliphatic heterocycles. The minimum atomic E-state index is 0.0424. The van der Waals surface area contributed by atoms with Gasteiger partial charge in [0.15, 0.2) is 5.16 Å². The van der Waals surface area contributed by atoms with E-state index in [2.05, 4.69) is 17.1 Å². The number of carbonyl (C=O) groups is 1. The molecule has 2 aliphatic rings. The Morgan fingerprint density at radius 1 is 1.20 bits per heavy atom. The third kappa shape index (κ3) is 4.46. The van der Waals surface area contributed by atoms with Gasteiger partial charge < -0.3 is 10.2 Å². The summed E-state index contributed by atoms with van der Waals surface area (Å²) in [6.07, 6.45) is 6.36. The van der Waals surface area contributed by atoms with Crippen molar-refractivity contribution in [1.82, 2.24) is 19.8 Å². The molecule has 4 rings (SSSR count). The van der Waals surface area contributed by atoms with Crippen LogP contribution in [0.1, 0.15) is 61.9 Å². The van der Waals surface area contributed by atoms with E-state index in [1.54, 1.807) is 11.3 Å². The lowest BCUT2D eigenvalue weighted by atomic mass is 10.1. The van der Waals surface area contributed by atoms with Crippen LogP contribution in [0, 0.1) is 13.8 Å². The molecule has 1 amide bonds. The number of thioether (sulfide) groups is 1. The number of hydrogen-bond donors (Lipinski definition) is 1. The number of rotatable bonds is 6. The molecule has 1 N–H and O–H groups in total. The van der Waals surface area contributed by atoms with Gasteiger partial charge in [-0.25, -0.2) is 4.98 Å². The minimum Gasteiger partial charge on any atom is -0.353 e. The SMILES string of the molecule is CCN1CCC(NC(=O)CSc2nc3sc(C)c(C)c3c(=O)n2C2CCCC2)CC1. The summed E-state index contributed by atoms with van der Waals surface area (Å²) in [6.45, 7) is 9.41. The molecule has 6 nitrogen and oxygen atoms in total. The van der Waals surface area contributed by atoms with Crippen LogP contribution in [0.25, 0.3) is 10.2 Å². The lowest BCUT2D eigenvalue weighted by Crippen LogP contribution is -2.45. The molecular weight excluding hydrogens is 416 g/mol. The van der Waals surface area contributed by atoms with Gasteiger partial charge in [-0.15, -0.1) is 11.3 Å². The molecule has 0 bridgehead atoms. The summed E-state index contributed by atoms with van der Waals surface area (Å²) in [6, 6.07) is 0.467. The molecule has 0 spiro atoms. The van der Waals surface area contributed by atoms with Crippen molar-refractivity contribution in [3.63, 3.8) is 0 Å². The Hall–Kier alpha value is -1.38. The van der Waals surface area contributed by atoms with Crippen molar-refractivity contribution < 1.29 is 4.79 Å². The maximum Gasteiger partial charge on any atom is 0.263 e. The van der Waals surface area contributed by atoms with Gasteiger partial charge in [-0.1, -0.05) is 31.5 Å². The van der Waals surface area contributed by atoms with Gasteiger partial charge in [-0.2, -0.15) is 0 Å². The monoisotopic (exact) mass is 448 g/mol. The summed E-state index contributed by atoms with van der Waals surface area (Å²) in [5, 5.41) is 4.66. The lowest BCUT2D eigenvalue weighted by Gasteiger charge is -2.31. The van der Waals surface area contributed by atoms with Crippen LogP contribution < -0.4 is 10.9 Å². The predicted molar refractivity (Wildman–Crippen MR) is 125 cm³/mol. The predicted octanol–water partition coefficient (Wildman–Crippen LogP) is 3.88. The Morgan fingerprint density at radius 3 is 2.57 bits per heavy atom. The summed E-state index contributed by atoms with van der Waals surface area (Å²) in [4.78, 5) is 35.2. The van der Waals surface area contributed by atoms with E-state index in [0.29, 0.717) is 10.9 Å². The van der Waals surface area contributed by atoms with Crippen molar-refractivity contribution in [1.29, 1.82) is 0 Å². The van der Waals surface area contributed by atoms with Crippen LogP contribution in [0.5, 0.6) is 0 Å². The fourth-order valence-corrected chi connectivity index (χ4v) is 6.61. The summed E-state index contributed by atoms with van der Waals surface area (Å²) >= 11 is 3.00. The number of hydrogen-bond acceptors (Lipinski definition) is 6. The first kappa shape index (κ1) is 21.8. The van der Waals surface area contributed by atoms with Crippen molar-refractivity contribution in [2.75, 3.05) is 25.4 Å². The maximum atomic E-state index is 13.4. The molecule has 0 unspecified atom stereocenters. The number of fused-ring (bicyclic) bond motifs is 1. The third-order valence-corrected chi connectivity index (χ3v) is 8.68. The van der Waals surface area contributed by atoms with Crippen LogP contribution in [0.15, 0.2) is 9.95 Å². The van der Waals surface area contributed by atoms with E-state index < -0.39 is 0 Å². The topological polar surface area (TPSA) is 67.2 Å². The average Bonchev–Trinajstić information content (AvgIpc) is 3.35. The molecular formula is C22H32N4O2S2. The van der Waals surface area contributed by atoms with Crippen LogP contribution in [0.2, 0.25) is 0 Å². The highest BCUT2D eigenvalue weighted by Crippen LogP contribution is 2.34. The van der Waals surface area contributed by atoms with E-state index in [9.17, 15) is 9.59 Å². The molecule has 0 radical (unpaired) electrons. The van der Waals surface area contributed by atoms with E-state index in [1.807, 2.05) is 18.4 Å². The largest absolute Gasteiger partial charge is 0.353 e. The van der Waals surface area contributed by atoms with Gasteiger partial charge in [-0.05, 0) is 51.6 Å². The molecule has 2 aromatic heterocycles. The summed E-state index contributed by atoms with van der Waals surface area (Å²) in [5.74, 6) is 0.350. The first-order valence-electron chi connectivity index (χ1n) is 11.1. The highest BCUT2D eigenvalue weighted by molar-refractivity contribution is 7.99. The number of amides is 1. The van der Waals surface area contributed by atoms with Crippen molar-refractivity contribution in [2.45, 2.75) is 76.5 Å². The zero-order chi connectivity index (χ0) is 21.3. The molecule has 2 fully saturated rings. The summed E-state index contributed by atoms with van der Waals surface area (Å²) in [5.41, 5.74) is 1.12. The first-order valence-corrected chi connectivity index (χ1v) is 12.9. The van der Waals surface area contributed by atoms with Crippen molar-refractivity contribution in [2.24, 2.45) is 0 Å². The van der Waals surface area contributed by atoms with E-state index >= 15 is 0 Å². The zero-order valence-corrected chi connectivity index (χ0v) is 19.8. The van der Waals surface area contributed by atoms with Gasteiger partial charge in [-0.3, -0.25) is 14.2 Å². The van der Waals surface area contributed by atoms with Gasteiger partial charge in [0.2, 0.25) is 5.91 Å². The molecule has 1 saturated carbocycles. The highest BCUT2D eigenvalue weighted by Gasteiger charge is 2.26. The second-order valence-corrected chi connectivity index (χ2v) is 10.7. The number of nitrogens with one attached hydrogen (secondary N) is 1. The van der Waals surface area contributed by atoms with Gasteiger partial charge in [0, 0.05) is 30.1 Å². The van der Waals surface area contributed by atoms with E-state index in [0.717, 1.165) is 78.8 Å². The highest BCUT2D eigenvalue weighted by atomic mass is 32.2. The number of likely N-dealkylation sites (tertiary alicyclic amines) is 1. The van der Waals surface area contributed by atoms with Crippen molar-refractivity contribution in [3.05, 3.63) is 20.8 Å². The Bertz CT molecular complexity index is 970. The van der Waals surface area contributed by atoms with E-state index in [1.165, 1.54) is 11.8 Å².